The van der Waals surface area contributed by atoms with Crippen LogP contribution in [0.1, 0.15) is 45.1 Å². The van der Waals surface area contributed by atoms with Crippen molar-refractivity contribution >= 4 is 12.0 Å². The van der Waals surface area contributed by atoms with E-state index in [1.54, 1.807) is 37.3 Å². The van der Waals surface area contributed by atoms with Crippen molar-refractivity contribution < 1.29 is 24.2 Å². The Morgan fingerprint density at radius 3 is 2.88 bits per heavy atom. The van der Waals surface area contributed by atoms with Crippen molar-refractivity contribution in [1.82, 2.24) is 26.1 Å². The lowest BCUT2D eigenvalue weighted by Gasteiger charge is -2.50. The second-order valence-corrected chi connectivity index (χ2v) is 9.37. The number of carbonyl (C=O) groups is 2. The van der Waals surface area contributed by atoms with Gasteiger partial charge in [0.05, 0.1) is 37.9 Å². The van der Waals surface area contributed by atoms with Gasteiger partial charge in [0.2, 0.25) is 11.8 Å². The lowest BCUT2D eigenvalue weighted by Crippen LogP contribution is -2.68. The molecule has 3 heterocycles. The lowest BCUT2D eigenvalue weighted by atomic mass is 9.87. The summed E-state index contributed by atoms with van der Waals surface area (Å²) in [5.74, 6) is 0.779. The molecule has 0 bridgehead atoms. The average molecular weight is 448 g/mol. The Balaban J connectivity index is 1.19. The van der Waals surface area contributed by atoms with Crippen LogP contribution in [0.15, 0.2) is 18.3 Å². The molecule has 10 nitrogen and oxygen atoms in total. The first-order chi connectivity index (χ1) is 15.2. The number of hydrogen-bond donors (Lipinski definition) is 4. The van der Waals surface area contributed by atoms with Gasteiger partial charge in [-0.3, -0.25) is 15.1 Å². The molecule has 1 aromatic rings. The summed E-state index contributed by atoms with van der Waals surface area (Å²) < 4.78 is 10.8. The molecule has 10 heteroatoms. The third kappa shape index (κ3) is 4.97. The van der Waals surface area contributed by atoms with Crippen LogP contribution in [-0.4, -0.2) is 70.6 Å². The number of amides is 2. The summed E-state index contributed by atoms with van der Waals surface area (Å²) in [6, 6.07) is 3.52. The molecular weight excluding hydrogens is 414 g/mol. The van der Waals surface area contributed by atoms with Gasteiger partial charge < -0.3 is 19.9 Å². The van der Waals surface area contributed by atoms with Crippen molar-refractivity contribution in [2.45, 2.75) is 75.9 Å². The number of aliphatic hydroxyl groups is 1. The zero-order valence-corrected chi connectivity index (χ0v) is 18.8. The Hall–Kier alpha value is -2.43. The van der Waals surface area contributed by atoms with Crippen LogP contribution in [0.25, 0.3) is 0 Å². The number of β-amino-alcohol motifs (C(OH)–C–C–N with tert-alkyl or cyclic N) is 1. The topological polar surface area (TPSA) is 125 Å². The smallest absolute Gasteiger partial charge is 0.410 e. The second kappa shape index (κ2) is 9.21. The maximum atomic E-state index is 12.4. The fourth-order valence-corrected chi connectivity index (χ4v) is 4.80. The molecule has 2 saturated heterocycles. The van der Waals surface area contributed by atoms with E-state index in [1.807, 2.05) is 6.92 Å². The first-order valence-corrected chi connectivity index (χ1v) is 11.2. The van der Waals surface area contributed by atoms with E-state index in [2.05, 4.69) is 21.2 Å². The SMILES string of the molecule is COc1cc(CC(=O)NC2CC([C@H]3CC[C@@H](OC(=O)N4C[C@@](C)(O)[C@@H]4C)C3)NN2)ccn1. The van der Waals surface area contributed by atoms with Gasteiger partial charge in [-0.1, -0.05) is 0 Å². The Kier molecular flexibility index (Phi) is 6.55. The summed E-state index contributed by atoms with van der Waals surface area (Å²) in [5, 5.41) is 13.1. The zero-order chi connectivity index (χ0) is 22.9. The Bertz CT molecular complexity index is 850. The van der Waals surface area contributed by atoms with E-state index >= 15 is 0 Å². The molecule has 3 aliphatic rings. The number of hydrogen-bond acceptors (Lipinski definition) is 8. The minimum Gasteiger partial charge on any atom is -0.481 e. The predicted octanol–water partition coefficient (Wildman–Crippen LogP) is 0.702. The maximum absolute atomic E-state index is 12.4. The molecule has 2 unspecified atom stereocenters. The predicted molar refractivity (Wildman–Crippen MR) is 116 cm³/mol. The summed E-state index contributed by atoms with van der Waals surface area (Å²) in [4.78, 5) is 30.4. The van der Waals surface area contributed by atoms with Gasteiger partial charge in [0.25, 0.3) is 0 Å². The largest absolute Gasteiger partial charge is 0.481 e. The first-order valence-electron chi connectivity index (χ1n) is 11.2. The molecular formula is C22H33N5O5. The van der Waals surface area contributed by atoms with Crippen molar-refractivity contribution in [1.29, 1.82) is 0 Å². The Morgan fingerprint density at radius 1 is 1.34 bits per heavy atom. The lowest BCUT2D eigenvalue weighted by molar-refractivity contribution is -0.123. The minimum atomic E-state index is -0.834. The van der Waals surface area contributed by atoms with E-state index in [0.29, 0.717) is 18.3 Å². The number of aromatic nitrogens is 1. The van der Waals surface area contributed by atoms with Gasteiger partial charge in [-0.05, 0) is 57.1 Å². The van der Waals surface area contributed by atoms with Gasteiger partial charge >= 0.3 is 6.09 Å². The minimum absolute atomic E-state index is 0.0732. The Labute approximate surface area is 188 Å². The third-order valence-electron chi connectivity index (χ3n) is 6.99. The molecule has 2 amide bonds. The molecule has 4 rings (SSSR count). The van der Waals surface area contributed by atoms with E-state index in [-0.39, 0.29) is 42.8 Å². The number of pyridine rings is 1. The molecule has 1 aromatic heterocycles. The van der Waals surface area contributed by atoms with Gasteiger partial charge in [-0.2, -0.15) is 0 Å². The number of methoxy groups -OCH3 is 1. The molecule has 2 aliphatic heterocycles. The van der Waals surface area contributed by atoms with Crippen molar-refractivity contribution in [3.05, 3.63) is 23.9 Å². The van der Waals surface area contributed by atoms with Crippen LogP contribution in [0.3, 0.4) is 0 Å². The summed E-state index contributed by atoms with van der Waals surface area (Å²) in [6.07, 6.45) is 4.63. The molecule has 1 aliphatic carbocycles. The summed E-state index contributed by atoms with van der Waals surface area (Å²) in [6.45, 7) is 3.87. The molecule has 32 heavy (non-hydrogen) atoms. The first kappa shape index (κ1) is 22.8. The van der Waals surface area contributed by atoms with Gasteiger partial charge in [0.15, 0.2) is 0 Å². The van der Waals surface area contributed by atoms with Gasteiger partial charge in [-0.25, -0.2) is 15.2 Å². The van der Waals surface area contributed by atoms with Crippen molar-refractivity contribution in [2.24, 2.45) is 5.92 Å². The monoisotopic (exact) mass is 447 g/mol. The van der Waals surface area contributed by atoms with Crippen LogP contribution in [0.4, 0.5) is 4.79 Å². The maximum Gasteiger partial charge on any atom is 0.410 e. The van der Waals surface area contributed by atoms with Crippen LogP contribution in [0, 0.1) is 5.92 Å². The quantitative estimate of drug-likeness (QED) is 0.502. The highest BCUT2D eigenvalue weighted by atomic mass is 16.6. The summed E-state index contributed by atoms with van der Waals surface area (Å²) >= 11 is 0. The fraction of sp³-hybridized carbons (Fsp3) is 0.682. The Morgan fingerprint density at radius 2 is 2.16 bits per heavy atom. The number of hydrazine groups is 1. The van der Waals surface area contributed by atoms with E-state index < -0.39 is 5.60 Å². The van der Waals surface area contributed by atoms with Gasteiger partial charge in [0.1, 0.15) is 6.10 Å². The van der Waals surface area contributed by atoms with Gasteiger partial charge in [0, 0.05) is 18.3 Å². The molecule has 176 valence electrons. The molecule has 0 spiro atoms. The second-order valence-electron chi connectivity index (χ2n) is 9.37. The average Bonchev–Trinajstić information content (AvgIpc) is 3.41. The highest BCUT2D eigenvalue weighted by Crippen LogP contribution is 2.35. The zero-order valence-electron chi connectivity index (χ0n) is 18.8. The number of nitrogens with zero attached hydrogens (tertiary/aromatic N) is 2. The van der Waals surface area contributed by atoms with Crippen molar-refractivity contribution in [2.75, 3.05) is 13.7 Å². The summed E-state index contributed by atoms with van der Waals surface area (Å²) in [5.41, 5.74) is 6.47. The molecule has 6 atom stereocenters. The number of likely N-dealkylation sites (tertiary alicyclic amines) is 1. The number of rotatable bonds is 6. The molecule has 3 fully saturated rings. The molecule has 1 saturated carbocycles. The van der Waals surface area contributed by atoms with E-state index in [0.717, 1.165) is 31.2 Å². The van der Waals surface area contributed by atoms with E-state index in [1.165, 1.54) is 0 Å². The normalized spacial score (nSPS) is 34.1. The van der Waals surface area contributed by atoms with Crippen LogP contribution >= 0.6 is 0 Å². The van der Waals surface area contributed by atoms with Crippen molar-refractivity contribution in [3.63, 3.8) is 0 Å². The van der Waals surface area contributed by atoms with Crippen molar-refractivity contribution in [3.8, 4) is 5.88 Å². The summed E-state index contributed by atoms with van der Waals surface area (Å²) in [7, 11) is 1.55. The standard InChI is InChI=1S/C22H33N5O5/c1-13-22(2,30)12-27(13)21(29)32-16-5-4-15(10-16)17-11-18(26-25-17)24-19(28)8-14-6-7-23-20(9-14)31-3/h6-7,9,13,15-18,25-26,30H,4-5,8,10-12H2,1-3H3,(H,24,28)/t13-,15-,16+,17?,18?,22+/m0/s1. The van der Waals surface area contributed by atoms with E-state index in [4.69, 9.17) is 9.47 Å². The van der Waals surface area contributed by atoms with Crippen LogP contribution in [-0.2, 0) is 16.0 Å². The van der Waals surface area contributed by atoms with Crippen LogP contribution < -0.4 is 20.9 Å². The number of carbonyl (C=O) groups excluding carboxylic acids is 2. The van der Waals surface area contributed by atoms with Crippen LogP contribution in [0.5, 0.6) is 5.88 Å². The van der Waals surface area contributed by atoms with E-state index in [9.17, 15) is 14.7 Å². The third-order valence-corrected chi connectivity index (χ3v) is 6.99. The van der Waals surface area contributed by atoms with Crippen LogP contribution in [0.2, 0.25) is 0 Å². The number of nitrogens with one attached hydrogen (secondary N) is 3. The fourth-order valence-electron chi connectivity index (χ4n) is 4.80. The molecule has 4 N–H and O–H groups in total. The highest BCUT2D eigenvalue weighted by Gasteiger charge is 2.49. The molecule has 0 aromatic carbocycles. The molecule has 0 radical (unpaired) electrons. The number of ether oxygens (including phenoxy) is 2. The highest BCUT2D eigenvalue weighted by molar-refractivity contribution is 5.78. The van der Waals surface area contributed by atoms with Gasteiger partial charge in [-0.15, -0.1) is 0 Å².